The van der Waals surface area contributed by atoms with Crippen molar-refractivity contribution < 1.29 is 17.9 Å². The van der Waals surface area contributed by atoms with Gasteiger partial charge in [-0.2, -0.15) is 0 Å². The van der Waals surface area contributed by atoms with Gasteiger partial charge in [0.2, 0.25) is 0 Å². The van der Waals surface area contributed by atoms with E-state index < -0.39 is 15.9 Å². The van der Waals surface area contributed by atoms with Crippen molar-refractivity contribution in [3.05, 3.63) is 59.2 Å². The zero-order chi connectivity index (χ0) is 20.9. The molecule has 0 heterocycles. The molecule has 2 rings (SSSR count). The molecule has 0 saturated carbocycles. The third-order valence-electron chi connectivity index (χ3n) is 4.86. The summed E-state index contributed by atoms with van der Waals surface area (Å²) >= 11 is 0. The maximum absolute atomic E-state index is 12.8. The number of hydrogen-bond acceptors (Lipinski definition) is 4. The Morgan fingerprint density at radius 2 is 1.64 bits per heavy atom. The molecular formula is C22H29NO4S. The minimum atomic E-state index is -3.24. The third-order valence-corrected chi connectivity index (χ3v) is 5.98. The number of ether oxygens (including phenoxy) is 1. The van der Waals surface area contributed by atoms with Gasteiger partial charge in [-0.15, -0.1) is 0 Å². The van der Waals surface area contributed by atoms with Crippen molar-refractivity contribution in [1.29, 1.82) is 0 Å². The second-order valence-corrected chi connectivity index (χ2v) is 9.09. The molecule has 28 heavy (non-hydrogen) atoms. The van der Waals surface area contributed by atoms with Gasteiger partial charge in [-0.25, -0.2) is 8.42 Å². The Labute approximate surface area is 168 Å². The summed E-state index contributed by atoms with van der Waals surface area (Å²) in [5.74, 6) is 0.496. The Bertz CT molecular complexity index is 920. The molecule has 0 radical (unpaired) electrons. The fourth-order valence-electron chi connectivity index (χ4n) is 2.91. The molecule has 5 nitrogen and oxygen atoms in total. The topological polar surface area (TPSA) is 72.5 Å². The van der Waals surface area contributed by atoms with Gasteiger partial charge < -0.3 is 10.1 Å². The van der Waals surface area contributed by atoms with E-state index in [4.69, 9.17) is 4.74 Å². The van der Waals surface area contributed by atoms with E-state index in [1.54, 1.807) is 24.3 Å². The van der Waals surface area contributed by atoms with Gasteiger partial charge in [0.1, 0.15) is 5.75 Å². The van der Waals surface area contributed by atoms with Crippen LogP contribution in [-0.4, -0.2) is 26.7 Å². The fourth-order valence-corrected chi connectivity index (χ4v) is 3.54. The van der Waals surface area contributed by atoms with Gasteiger partial charge in [-0.1, -0.05) is 32.0 Å². The van der Waals surface area contributed by atoms with Crippen LogP contribution < -0.4 is 10.1 Å². The number of carbonyl (C=O) groups is 1. The molecule has 2 atom stereocenters. The number of hydrogen-bond donors (Lipinski definition) is 1. The standard InChI is InChI=1S/C22H29NO4S/c1-6-20(17-9-12-19(13-10-17)28(5,25)26)23-22(24)21(7-2)27-18-11-8-15(3)16(4)14-18/h8-14,20-21H,6-7H2,1-5H3,(H,23,24)/t20-,21+/m1/s1. The second kappa shape index (κ2) is 9.24. The van der Waals surface area contributed by atoms with Crippen molar-refractivity contribution in [2.24, 2.45) is 0 Å². The largest absolute Gasteiger partial charge is 0.481 e. The average molecular weight is 404 g/mol. The lowest BCUT2D eigenvalue weighted by Crippen LogP contribution is -2.40. The SMILES string of the molecule is CC[C@H](Oc1ccc(C)c(C)c1)C(=O)N[C@H](CC)c1ccc(S(C)(=O)=O)cc1. The zero-order valence-corrected chi connectivity index (χ0v) is 18.0. The highest BCUT2D eigenvalue weighted by molar-refractivity contribution is 7.90. The van der Waals surface area contributed by atoms with Gasteiger partial charge in [0.05, 0.1) is 10.9 Å². The van der Waals surface area contributed by atoms with Crippen LogP contribution >= 0.6 is 0 Å². The number of carbonyl (C=O) groups excluding carboxylic acids is 1. The van der Waals surface area contributed by atoms with E-state index in [-0.39, 0.29) is 16.8 Å². The summed E-state index contributed by atoms with van der Waals surface area (Å²) in [6, 6.07) is 12.2. The van der Waals surface area contributed by atoms with Crippen LogP contribution in [0.1, 0.15) is 49.4 Å². The van der Waals surface area contributed by atoms with Gasteiger partial charge in [0.25, 0.3) is 5.91 Å². The normalized spacial score (nSPS) is 13.6. The molecule has 152 valence electrons. The Balaban J connectivity index is 2.11. The van der Waals surface area contributed by atoms with Crippen molar-refractivity contribution in [2.45, 2.75) is 57.6 Å². The van der Waals surface area contributed by atoms with Crippen molar-refractivity contribution in [2.75, 3.05) is 6.26 Å². The Kier molecular flexibility index (Phi) is 7.24. The van der Waals surface area contributed by atoms with Gasteiger partial charge in [-0.05, 0) is 67.6 Å². The van der Waals surface area contributed by atoms with Crippen molar-refractivity contribution in [3.63, 3.8) is 0 Å². The van der Waals surface area contributed by atoms with Crippen LogP contribution in [0.4, 0.5) is 0 Å². The molecule has 0 aliphatic heterocycles. The molecule has 0 bridgehead atoms. The van der Waals surface area contributed by atoms with Gasteiger partial charge in [-0.3, -0.25) is 4.79 Å². The maximum Gasteiger partial charge on any atom is 0.261 e. The van der Waals surface area contributed by atoms with Crippen LogP contribution in [0.2, 0.25) is 0 Å². The van der Waals surface area contributed by atoms with E-state index in [0.717, 1.165) is 11.1 Å². The Morgan fingerprint density at radius 3 is 2.14 bits per heavy atom. The summed E-state index contributed by atoms with van der Waals surface area (Å²) in [4.78, 5) is 13.0. The first-order chi connectivity index (χ1) is 13.2. The summed E-state index contributed by atoms with van der Waals surface area (Å²) in [6.07, 6.45) is 1.81. The van der Waals surface area contributed by atoms with Crippen LogP contribution in [0.3, 0.4) is 0 Å². The molecule has 0 fully saturated rings. The number of amides is 1. The molecule has 2 aromatic carbocycles. The van der Waals surface area contributed by atoms with Crippen LogP contribution in [-0.2, 0) is 14.6 Å². The number of sulfone groups is 1. The first-order valence-corrected chi connectivity index (χ1v) is 11.4. The average Bonchev–Trinajstić information content (AvgIpc) is 2.66. The molecule has 0 aliphatic carbocycles. The van der Waals surface area contributed by atoms with Crippen LogP contribution in [0, 0.1) is 13.8 Å². The summed E-state index contributed by atoms with van der Waals surface area (Å²) in [5, 5.41) is 3.03. The molecule has 0 spiro atoms. The second-order valence-electron chi connectivity index (χ2n) is 7.07. The highest BCUT2D eigenvalue weighted by Crippen LogP contribution is 2.21. The summed E-state index contributed by atoms with van der Waals surface area (Å²) in [6.45, 7) is 7.92. The van der Waals surface area contributed by atoms with E-state index in [0.29, 0.717) is 18.6 Å². The number of benzene rings is 2. The van der Waals surface area contributed by atoms with Crippen LogP contribution in [0.5, 0.6) is 5.75 Å². The first kappa shape index (κ1) is 22.0. The lowest BCUT2D eigenvalue weighted by molar-refractivity contribution is -0.128. The maximum atomic E-state index is 12.8. The van der Waals surface area contributed by atoms with Crippen molar-refractivity contribution in [3.8, 4) is 5.75 Å². The predicted molar refractivity (Wildman–Crippen MR) is 111 cm³/mol. The van der Waals surface area contributed by atoms with Crippen LogP contribution in [0.15, 0.2) is 47.4 Å². The fraction of sp³-hybridized carbons (Fsp3) is 0.409. The third kappa shape index (κ3) is 5.58. The zero-order valence-electron chi connectivity index (χ0n) is 17.2. The van der Waals surface area contributed by atoms with E-state index in [9.17, 15) is 13.2 Å². The molecule has 0 aromatic heterocycles. The quantitative estimate of drug-likeness (QED) is 0.719. The van der Waals surface area contributed by atoms with Crippen molar-refractivity contribution in [1.82, 2.24) is 5.32 Å². The molecular weight excluding hydrogens is 374 g/mol. The van der Waals surface area contributed by atoms with Crippen molar-refractivity contribution >= 4 is 15.7 Å². The molecule has 1 N–H and O–H groups in total. The smallest absolute Gasteiger partial charge is 0.261 e. The molecule has 1 amide bonds. The Hall–Kier alpha value is -2.34. The molecule has 0 unspecified atom stereocenters. The number of rotatable bonds is 8. The summed E-state index contributed by atoms with van der Waals surface area (Å²) in [5.41, 5.74) is 3.16. The van der Waals surface area contributed by atoms with E-state index in [2.05, 4.69) is 5.32 Å². The molecule has 0 aliphatic rings. The monoisotopic (exact) mass is 403 g/mol. The molecule has 0 saturated heterocycles. The number of nitrogens with one attached hydrogen (secondary N) is 1. The molecule has 2 aromatic rings. The number of aryl methyl sites for hydroxylation is 2. The summed E-state index contributed by atoms with van der Waals surface area (Å²) < 4.78 is 29.2. The highest BCUT2D eigenvalue weighted by Gasteiger charge is 2.22. The van der Waals surface area contributed by atoms with E-state index in [1.807, 2.05) is 45.9 Å². The lowest BCUT2D eigenvalue weighted by atomic mass is 10.0. The Morgan fingerprint density at radius 1 is 1.00 bits per heavy atom. The summed E-state index contributed by atoms with van der Waals surface area (Å²) in [7, 11) is -3.24. The van der Waals surface area contributed by atoms with Gasteiger partial charge in [0, 0.05) is 6.26 Å². The van der Waals surface area contributed by atoms with E-state index >= 15 is 0 Å². The lowest BCUT2D eigenvalue weighted by Gasteiger charge is -2.23. The minimum Gasteiger partial charge on any atom is -0.481 e. The van der Waals surface area contributed by atoms with Gasteiger partial charge in [0.15, 0.2) is 15.9 Å². The van der Waals surface area contributed by atoms with Gasteiger partial charge >= 0.3 is 0 Å². The highest BCUT2D eigenvalue weighted by atomic mass is 32.2. The predicted octanol–water partition coefficient (Wildman–Crippen LogP) is 4.13. The molecule has 6 heteroatoms. The minimum absolute atomic E-state index is 0.181. The first-order valence-electron chi connectivity index (χ1n) is 9.50. The van der Waals surface area contributed by atoms with Crippen LogP contribution in [0.25, 0.3) is 0 Å². The van der Waals surface area contributed by atoms with E-state index in [1.165, 1.54) is 11.8 Å².